The first-order chi connectivity index (χ1) is 11.1. The van der Waals surface area contributed by atoms with Crippen LogP contribution in [0.2, 0.25) is 0 Å². The molecule has 0 saturated carbocycles. The molecule has 0 fully saturated rings. The number of guanidine groups is 1. The largest absolute Gasteiger partial charge is 0.356 e. The molecule has 1 aromatic carbocycles. The SMILES string of the molecule is CCN(CC)Cc1ccc(CNC(=NC)NCCC(C)C)cc1.I. The van der Waals surface area contributed by atoms with Crippen LogP contribution in [0.3, 0.4) is 0 Å². The lowest BCUT2D eigenvalue weighted by Gasteiger charge is -2.18. The van der Waals surface area contributed by atoms with Crippen molar-refractivity contribution in [1.82, 2.24) is 15.5 Å². The highest BCUT2D eigenvalue weighted by molar-refractivity contribution is 14.0. The fourth-order valence-corrected chi connectivity index (χ4v) is 2.35. The molecule has 1 rings (SSSR count). The lowest BCUT2D eigenvalue weighted by Crippen LogP contribution is -2.37. The van der Waals surface area contributed by atoms with E-state index in [0.717, 1.165) is 45.1 Å². The van der Waals surface area contributed by atoms with Crippen LogP contribution in [-0.2, 0) is 13.1 Å². The van der Waals surface area contributed by atoms with Crippen molar-refractivity contribution in [3.63, 3.8) is 0 Å². The molecule has 0 bridgehead atoms. The summed E-state index contributed by atoms with van der Waals surface area (Å²) in [5.41, 5.74) is 2.65. The molecule has 0 radical (unpaired) electrons. The lowest BCUT2D eigenvalue weighted by atomic mass is 10.1. The van der Waals surface area contributed by atoms with Gasteiger partial charge in [0, 0.05) is 26.7 Å². The minimum atomic E-state index is 0. The smallest absolute Gasteiger partial charge is 0.191 e. The molecule has 138 valence electrons. The van der Waals surface area contributed by atoms with E-state index >= 15 is 0 Å². The molecule has 0 heterocycles. The Morgan fingerprint density at radius 2 is 1.62 bits per heavy atom. The van der Waals surface area contributed by atoms with Crippen molar-refractivity contribution < 1.29 is 0 Å². The maximum Gasteiger partial charge on any atom is 0.191 e. The Morgan fingerprint density at radius 3 is 2.12 bits per heavy atom. The van der Waals surface area contributed by atoms with Gasteiger partial charge in [-0.3, -0.25) is 9.89 Å². The Morgan fingerprint density at radius 1 is 1.04 bits per heavy atom. The first kappa shape index (κ1) is 23.2. The van der Waals surface area contributed by atoms with Gasteiger partial charge in [0.2, 0.25) is 0 Å². The molecule has 5 heteroatoms. The molecular formula is C19H35IN4. The standard InChI is InChI=1S/C19H34N4.HI/c1-6-23(7-2)15-18-10-8-17(9-11-18)14-22-19(20-5)21-13-12-16(3)4;/h8-11,16H,6-7,12-15H2,1-5H3,(H2,20,21,22);1H. The van der Waals surface area contributed by atoms with Crippen LogP contribution in [-0.4, -0.2) is 37.5 Å². The Balaban J connectivity index is 0.00000529. The van der Waals surface area contributed by atoms with Crippen molar-refractivity contribution in [2.24, 2.45) is 10.9 Å². The first-order valence-electron chi connectivity index (χ1n) is 8.83. The number of nitrogens with one attached hydrogen (secondary N) is 2. The van der Waals surface area contributed by atoms with E-state index in [4.69, 9.17) is 0 Å². The predicted molar refractivity (Wildman–Crippen MR) is 116 cm³/mol. The second kappa shape index (κ2) is 13.5. The minimum absolute atomic E-state index is 0. The van der Waals surface area contributed by atoms with Gasteiger partial charge in [-0.2, -0.15) is 0 Å². The molecule has 0 aliphatic rings. The zero-order valence-electron chi connectivity index (χ0n) is 15.9. The zero-order valence-corrected chi connectivity index (χ0v) is 18.3. The quantitative estimate of drug-likeness (QED) is 0.344. The maximum absolute atomic E-state index is 4.27. The topological polar surface area (TPSA) is 39.7 Å². The maximum atomic E-state index is 4.27. The van der Waals surface area contributed by atoms with Gasteiger partial charge in [0.05, 0.1) is 0 Å². The molecule has 0 unspecified atom stereocenters. The van der Waals surface area contributed by atoms with Crippen molar-refractivity contribution in [2.75, 3.05) is 26.7 Å². The summed E-state index contributed by atoms with van der Waals surface area (Å²) in [5.74, 6) is 1.58. The van der Waals surface area contributed by atoms with E-state index in [0.29, 0.717) is 5.92 Å². The van der Waals surface area contributed by atoms with E-state index in [2.05, 4.69) is 72.5 Å². The summed E-state index contributed by atoms with van der Waals surface area (Å²) < 4.78 is 0. The zero-order chi connectivity index (χ0) is 17.1. The predicted octanol–water partition coefficient (Wildman–Crippen LogP) is 3.86. The number of hydrogen-bond acceptors (Lipinski definition) is 2. The van der Waals surface area contributed by atoms with Gasteiger partial charge >= 0.3 is 0 Å². The summed E-state index contributed by atoms with van der Waals surface area (Å²) in [4.78, 5) is 6.69. The van der Waals surface area contributed by atoms with Gasteiger partial charge in [0.25, 0.3) is 0 Å². The van der Waals surface area contributed by atoms with Crippen LogP contribution >= 0.6 is 24.0 Å². The number of halogens is 1. The Bertz CT molecular complexity index is 453. The van der Waals surface area contributed by atoms with Gasteiger partial charge in [-0.1, -0.05) is 52.0 Å². The molecule has 24 heavy (non-hydrogen) atoms. The highest BCUT2D eigenvalue weighted by atomic mass is 127. The van der Waals surface area contributed by atoms with Crippen LogP contribution < -0.4 is 10.6 Å². The van der Waals surface area contributed by atoms with E-state index in [1.165, 1.54) is 11.1 Å². The van der Waals surface area contributed by atoms with Gasteiger partial charge in [-0.15, -0.1) is 24.0 Å². The van der Waals surface area contributed by atoms with Crippen LogP contribution in [0.25, 0.3) is 0 Å². The van der Waals surface area contributed by atoms with Crippen LogP contribution in [0.5, 0.6) is 0 Å². The van der Waals surface area contributed by atoms with Crippen LogP contribution in [0.4, 0.5) is 0 Å². The molecule has 0 saturated heterocycles. The molecule has 0 aromatic heterocycles. The molecule has 1 aromatic rings. The molecule has 0 amide bonds. The van der Waals surface area contributed by atoms with Crippen LogP contribution in [0.1, 0.15) is 45.2 Å². The highest BCUT2D eigenvalue weighted by Crippen LogP contribution is 2.07. The van der Waals surface area contributed by atoms with Crippen molar-refractivity contribution in [1.29, 1.82) is 0 Å². The van der Waals surface area contributed by atoms with Crippen molar-refractivity contribution >= 4 is 29.9 Å². The van der Waals surface area contributed by atoms with Gasteiger partial charge in [0.15, 0.2) is 5.96 Å². The minimum Gasteiger partial charge on any atom is -0.356 e. The van der Waals surface area contributed by atoms with Gasteiger partial charge < -0.3 is 10.6 Å². The summed E-state index contributed by atoms with van der Waals surface area (Å²) in [5, 5.41) is 6.73. The van der Waals surface area contributed by atoms with E-state index in [1.54, 1.807) is 0 Å². The first-order valence-corrected chi connectivity index (χ1v) is 8.83. The summed E-state index contributed by atoms with van der Waals surface area (Å²) in [6, 6.07) is 8.86. The van der Waals surface area contributed by atoms with E-state index in [-0.39, 0.29) is 24.0 Å². The number of benzene rings is 1. The summed E-state index contributed by atoms with van der Waals surface area (Å²) >= 11 is 0. The van der Waals surface area contributed by atoms with E-state index in [9.17, 15) is 0 Å². The molecule has 4 nitrogen and oxygen atoms in total. The molecule has 0 atom stereocenters. The number of hydrogen-bond donors (Lipinski definition) is 2. The van der Waals surface area contributed by atoms with Crippen LogP contribution in [0, 0.1) is 5.92 Å². The molecular weight excluding hydrogens is 411 g/mol. The fraction of sp³-hybridized carbons (Fsp3) is 0.632. The Hall–Kier alpha value is -0.820. The van der Waals surface area contributed by atoms with Crippen molar-refractivity contribution in [3.05, 3.63) is 35.4 Å². The summed E-state index contributed by atoms with van der Waals surface area (Å²) in [7, 11) is 1.82. The Labute approximate surface area is 165 Å². The third-order valence-electron chi connectivity index (χ3n) is 4.02. The number of nitrogens with zero attached hydrogens (tertiary/aromatic N) is 2. The van der Waals surface area contributed by atoms with Gasteiger partial charge in [0.1, 0.15) is 0 Å². The normalized spacial score (nSPS) is 11.5. The summed E-state index contributed by atoms with van der Waals surface area (Å²) in [6.07, 6.45) is 1.15. The van der Waals surface area contributed by atoms with E-state index < -0.39 is 0 Å². The molecule has 0 aliphatic carbocycles. The number of rotatable bonds is 9. The second-order valence-electron chi connectivity index (χ2n) is 6.31. The van der Waals surface area contributed by atoms with Gasteiger partial charge in [-0.25, -0.2) is 0 Å². The molecule has 0 spiro atoms. The molecule has 2 N–H and O–H groups in total. The third-order valence-corrected chi connectivity index (χ3v) is 4.02. The third kappa shape index (κ3) is 9.47. The van der Waals surface area contributed by atoms with Crippen molar-refractivity contribution in [2.45, 2.75) is 47.2 Å². The fourth-order valence-electron chi connectivity index (χ4n) is 2.35. The molecule has 0 aliphatic heterocycles. The van der Waals surface area contributed by atoms with Crippen LogP contribution in [0.15, 0.2) is 29.3 Å². The van der Waals surface area contributed by atoms with E-state index in [1.807, 2.05) is 7.05 Å². The van der Waals surface area contributed by atoms with Gasteiger partial charge in [-0.05, 0) is 36.6 Å². The Kier molecular flexibility index (Phi) is 13.0. The lowest BCUT2D eigenvalue weighted by molar-refractivity contribution is 0.296. The second-order valence-corrected chi connectivity index (χ2v) is 6.31. The monoisotopic (exact) mass is 446 g/mol. The number of aliphatic imine (C=N–C) groups is 1. The average Bonchev–Trinajstić information content (AvgIpc) is 2.56. The average molecular weight is 446 g/mol. The summed E-state index contributed by atoms with van der Waals surface area (Å²) in [6.45, 7) is 13.9. The van der Waals surface area contributed by atoms with Crippen molar-refractivity contribution in [3.8, 4) is 0 Å². The highest BCUT2D eigenvalue weighted by Gasteiger charge is 2.02.